The van der Waals surface area contributed by atoms with Crippen LogP contribution in [0.15, 0.2) is 33.4 Å². The zero-order valence-corrected chi connectivity index (χ0v) is 11.3. The van der Waals surface area contributed by atoms with E-state index in [4.69, 9.17) is 27.9 Å². The Bertz CT molecular complexity index is 484. The molecule has 0 aliphatic carbocycles. The molecule has 2 aromatic rings. The molecule has 5 heteroatoms. The molecule has 0 aliphatic rings. The topological polar surface area (TPSA) is 9.23 Å². The molecule has 1 aromatic carbocycles. The number of thiophene rings is 1. The Hall–Kier alpha value is -0.220. The van der Waals surface area contributed by atoms with Gasteiger partial charge in [-0.2, -0.15) is 0 Å². The van der Waals surface area contributed by atoms with E-state index in [0.717, 1.165) is 10.2 Å². The predicted octanol–water partition coefficient (Wildman–Crippen LogP) is 5.61. The first-order chi connectivity index (χ1) is 7.18. The zero-order valence-electron chi connectivity index (χ0n) is 7.34. The van der Waals surface area contributed by atoms with Crippen LogP contribution in [0.4, 0.5) is 0 Å². The Morgan fingerprint density at radius 2 is 1.93 bits per heavy atom. The molecule has 0 aliphatic heterocycles. The maximum atomic E-state index is 5.99. The molecular formula is C10H5BrCl2OS. The van der Waals surface area contributed by atoms with E-state index >= 15 is 0 Å². The summed E-state index contributed by atoms with van der Waals surface area (Å²) in [4.78, 5) is 0. The third kappa shape index (κ3) is 2.48. The summed E-state index contributed by atoms with van der Waals surface area (Å²) in [5.41, 5.74) is 0. The van der Waals surface area contributed by atoms with Crippen LogP contribution in [0.2, 0.25) is 10.0 Å². The molecule has 0 unspecified atom stereocenters. The molecule has 0 amide bonds. The molecule has 2 rings (SSSR count). The Morgan fingerprint density at radius 3 is 2.60 bits per heavy atom. The van der Waals surface area contributed by atoms with Crippen molar-refractivity contribution in [3.05, 3.63) is 43.5 Å². The molecule has 78 valence electrons. The van der Waals surface area contributed by atoms with Crippen molar-refractivity contribution in [3.8, 4) is 11.5 Å². The summed E-state index contributed by atoms with van der Waals surface area (Å²) in [7, 11) is 0. The summed E-state index contributed by atoms with van der Waals surface area (Å²) >= 11 is 16.8. The second kappa shape index (κ2) is 4.74. The van der Waals surface area contributed by atoms with Crippen molar-refractivity contribution in [1.29, 1.82) is 0 Å². The van der Waals surface area contributed by atoms with Gasteiger partial charge in [0.1, 0.15) is 10.8 Å². The van der Waals surface area contributed by atoms with Crippen LogP contribution in [0.1, 0.15) is 0 Å². The molecule has 0 radical (unpaired) electrons. The molecule has 0 saturated heterocycles. The van der Waals surface area contributed by atoms with Gasteiger partial charge in [0.25, 0.3) is 0 Å². The summed E-state index contributed by atoms with van der Waals surface area (Å²) in [6.45, 7) is 0. The van der Waals surface area contributed by atoms with E-state index in [1.165, 1.54) is 0 Å². The van der Waals surface area contributed by atoms with Crippen molar-refractivity contribution in [2.75, 3.05) is 0 Å². The van der Waals surface area contributed by atoms with Crippen molar-refractivity contribution < 1.29 is 4.74 Å². The van der Waals surface area contributed by atoms with Crippen molar-refractivity contribution >= 4 is 50.5 Å². The highest BCUT2D eigenvalue weighted by Gasteiger charge is 2.08. The predicted molar refractivity (Wildman–Crippen MR) is 68.6 cm³/mol. The average molecular weight is 324 g/mol. The van der Waals surface area contributed by atoms with Gasteiger partial charge < -0.3 is 4.74 Å². The minimum atomic E-state index is 0.428. The van der Waals surface area contributed by atoms with Gasteiger partial charge >= 0.3 is 0 Å². The lowest BCUT2D eigenvalue weighted by atomic mass is 10.3. The fourth-order valence-corrected chi connectivity index (χ4v) is 2.63. The number of hydrogen-bond donors (Lipinski definition) is 0. The van der Waals surface area contributed by atoms with Gasteiger partial charge in [-0.15, -0.1) is 11.3 Å². The van der Waals surface area contributed by atoms with E-state index in [2.05, 4.69) is 15.9 Å². The Morgan fingerprint density at radius 1 is 1.13 bits per heavy atom. The van der Waals surface area contributed by atoms with E-state index in [-0.39, 0.29) is 0 Å². The first-order valence-electron chi connectivity index (χ1n) is 4.02. The third-order valence-electron chi connectivity index (χ3n) is 1.72. The van der Waals surface area contributed by atoms with Crippen LogP contribution in [0.25, 0.3) is 0 Å². The fourth-order valence-electron chi connectivity index (χ4n) is 1.02. The normalized spacial score (nSPS) is 10.3. The Kier molecular flexibility index (Phi) is 3.57. The van der Waals surface area contributed by atoms with Crippen LogP contribution in [0, 0.1) is 0 Å². The van der Waals surface area contributed by atoms with Gasteiger partial charge in [0.2, 0.25) is 0 Å². The van der Waals surface area contributed by atoms with E-state index in [0.29, 0.717) is 15.8 Å². The first-order valence-corrected chi connectivity index (χ1v) is 6.51. The van der Waals surface area contributed by atoms with Gasteiger partial charge in [0, 0.05) is 10.8 Å². The highest BCUT2D eigenvalue weighted by Crippen LogP contribution is 2.38. The van der Waals surface area contributed by atoms with E-state index in [9.17, 15) is 0 Å². The molecule has 0 fully saturated rings. The second-order valence-electron chi connectivity index (χ2n) is 2.74. The molecule has 1 aromatic heterocycles. The lowest BCUT2D eigenvalue weighted by Crippen LogP contribution is -1.84. The standard InChI is InChI=1S/C10H5BrCl2OS/c11-6-4-15-5-9(6)14-8-3-1-2-7(12)10(8)13/h1-5H. The molecule has 0 saturated carbocycles. The number of hydrogen-bond acceptors (Lipinski definition) is 2. The van der Waals surface area contributed by atoms with Crippen LogP contribution in [0.5, 0.6) is 11.5 Å². The lowest BCUT2D eigenvalue weighted by molar-refractivity contribution is 0.482. The fraction of sp³-hybridized carbons (Fsp3) is 0. The number of rotatable bonds is 2. The van der Waals surface area contributed by atoms with Gasteiger partial charge in [-0.25, -0.2) is 0 Å². The highest BCUT2D eigenvalue weighted by atomic mass is 79.9. The quantitative estimate of drug-likeness (QED) is 0.698. The number of halogens is 3. The van der Waals surface area contributed by atoms with Crippen LogP contribution in [-0.2, 0) is 0 Å². The van der Waals surface area contributed by atoms with Gasteiger partial charge in [-0.3, -0.25) is 0 Å². The highest BCUT2D eigenvalue weighted by molar-refractivity contribution is 9.10. The Labute approximate surface area is 110 Å². The van der Waals surface area contributed by atoms with Gasteiger partial charge in [0.15, 0.2) is 5.75 Å². The molecule has 1 heterocycles. The second-order valence-corrected chi connectivity index (χ2v) is 5.12. The molecular weight excluding hydrogens is 319 g/mol. The van der Waals surface area contributed by atoms with Gasteiger partial charge in [-0.1, -0.05) is 29.3 Å². The molecule has 0 spiro atoms. The van der Waals surface area contributed by atoms with E-state index in [1.54, 1.807) is 29.5 Å². The number of benzene rings is 1. The summed E-state index contributed by atoms with van der Waals surface area (Å²) < 4.78 is 6.51. The minimum Gasteiger partial charge on any atom is -0.454 e. The summed E-state index contributed by atoms with van der Waals surface area (Å²) in [5.74, 6) is 1.30. The van der Waals surface area contributed by atoms with Crippen LogP contribution in [0.3, 0.4) is 0 Å². The summed E-state index contributed by atoms with van der Waals surface area (Å²) in [6, 6.07) is 5.29. The first kappa shape index (κ1) is 11.3. The Balaban J connectivity index is 2.33. The van der Waals surface area contributed by atoms with E-state index < -0.39 is 0 Å². The summed E-state index contributed by atoms with van der Waals surface area (Å²) in [5, 5.41) is 4.74. The molecule has 15 heavy (non-hydrogen) atoms. The number of ether oxygens (including phenoxy) is 1. The smallest absolute Gasteiger partial charge is 0.152 e. The molecule has 0 bridgehead atoms. The van der Waals surface area contributed by atoms with Crippen molar-refractivity contribution in [3.63, 3.8) is 0 Å². The molecule has 0 atom stereocenters. The lowest BCUT2D eigenvalue weighted by Gasteiger charge is -2.06. The zero-order chi connectivity index (χ0) is 10.8. The van der Waals surface area contributed by atoms with Crippen LogP contribution >= 0.6 is 50.5 Å². The van der Waals surface area contributed by atoms with Crippen molar-refractivity contribution in [2.24, 2.45) is 0 Å². The van der Waals surface area contributed by atoms with Crippen LogP contribution < -0.4 is 4.74 Å². The largest absolute Gasteiger partial charge is 0.454 e. The maximum absolute atomic E-state index is 5.99. The van der Waals surface area contributed by atoms with Gasteiger partial charge in [0.05, 0.1) is 9.50 Å². The van der Waals surface area contributed by atoms with Crippen molar-refractivity contribution in [2.45, 2.75) is 0 Å². The SMILES string of the molecule is Clc1cccc(Oc2cscc2Br)c1Cl. The third-order valence-corrected chi connectivity index (χ3v) is 4.16. The minimum absolute atomic E-state index is 0.428. The van der Waals surface area contributed by atoms with Crippen LogP contribution in [-0.4, -0.2) is 0 Å². The maximum Gasteiger partial charge on any atom is 0.152 e. The monoisotopic (exact) mass is 322 g/mol. The molecule has 1 nitrogen and oxygen atoms in total. The molecule has 0 N–H and O–H groups in total. The summed E-state index contributed by atoms with van der Waals surface area (Å²) in [6.07, 6.45) is 0. The average Bonchev–Trinajstić information content (AvgIpc) is 2.60. The van der Waals surface area contributed by atoms with Crippen molar-refractivity contribution in [1.82, 2.24) is 0 Å². The van der Waals surface area contributed by atoms with Gasteiger partial charge in [-0.05, 0) is 28.1 Å². The van der Waals surface area contributed by atoms with E-state index in [1.807, 2.05) is 10.8 Å².